The average Bonchev–Trinajstić information content (AvgIpc) is 2.38. The topological polar surface area (TPSA) is 37.8 Å². The van der Waals surface area contributed by atoms with Crippen molar-refractivity contribution in [1.82, 2.24) is 9.97 Å². The Bertz CT molecular complexity index is 587. The van der Waals surface area contributed by atoms with Crippen molar-refractivity contribution in [2.75, 3.05) is 11.9 Å². The molecule has 0 atom stereocenters. The van der Waals surface area contributed by atoms with Gasteiger partial charge in [0.1, 0.15) is 11.6 Å². The van der Waals surface area contributed by atoms with E-state index in [0.29, 0.717) is 11.4 Å². The largest absolute Gasteiger partial charge is 0.370 e. The summed E-state index contributed by atoms with van der Waals surface area (Å²) in [4.78, 5) is 8.79. The van der Waals surface area contributed by atoms with Crippen LogP contribution in [-0.4, -0.2) is 16.5 Å². The average molecular weight is 324 g/mol. The van der Waals surface area contributed by atoms with Crippen LogP contribution in [0, 0.1) is 12.7 Å². The number of hydrogen-bond donors (Lipinski definition) is 1. The summed E-state index contributed by atoms with van der Waals surface area (Å²) >= 11 is 3.40. The van der Waals surface area contributed by atoms with Crippen LogP contribution >= 0.6 is 15.9 Å². The second kappa shape index (κ2) is 6.10. The van der Waals surface area contributed by atoms with Crippen molar-refractivity contribution in [3.05, 3.63) is 40.2 Å². The number of nitrogens with one attached hydrogen (secondary N) is 1. The molecule has 3 nitrogen and oxygen atoms in total. The third kappa shape index (κ3) is 3.50. The summed E-state index contributed by atoms with van der Waals surface area (Å²) in [7, 11) is 0. The number of rotatable bonds is 4. The smallest absolute Gasteiger partial charge is 0.162 e. The third-order valence-corrected chi connectivity index (χ3v) is 3.27. The third-order valence-electron chi connectivity index (χ3n) is 2.58. The second-order valence-corrected chi connectivity index (χ2v) is 5.12. The highest BCUT2D eigenvalue weighted by molar-refractivity contribution is 9.10. The summed E-state index contributed by atoms with van der Waals surface area (Å²) in [5.74, 6) is 0.983. The standard InChI is InChI=1S/C14H15BrFN3/c1-3-6-17-13-7-9(2)18-14(19-13)11-8-10(16)4-5-12(11)15/h4-5,7-8H,3,6H2,1-2H3,(H,17,18,19). The summed E-state index contributed by atoms with van der Waals surface area (Å²) in [6, 6.07) is 6.38. The van der Waals surface area contributed by atoms with E-state index < -0.39 is 0 Å². The molecule has 0 saturated heterocycles. The molecule has 2 rings (SSSR count). The van der Waals surface area contributed by atoms with Crippen molar-refractivity contribution >= 4 is 21.7 Å². The molecule has 0 fully saturated rings. The van der Waals surface area contributed by atoms with Gasteiger partial charge in [0.15, 0.2) is 5.82 Å². The zero-order chi connectivity index (χ0) is 13.8. The van der Waals surface area contributed by atoms with Crippen LogP contribution in [0.4, 0.5) is 10.2 Å². The van der Waals surface area contributed by atoms with E-state index in [1.54, 1.807) is 6.07 Å². The second-order valence-electron chi connectivity index (χ2n) is 4.27. The lowest BCUT2D eigenvalue weighted by Crippen LogP contribution is -2.04. The molecule has 0 bridgehead atoms. The lowest BCUT2D eigenvalue weighted by molar-refractivity contribution is 0.628. The van der Waals surface area contributed by atoms with Gasteiger partial charge >= 0.3 is 0 Å². The van der Waals surface area contributed by atoms with Gasteiger partial charge in [-0.25, -0.2) is 14.4 Å². The van der Waals surface area contributed by atoms with E-state index in [9.17, 15) is 4.39 Å². The molecule has 0 saturated carbocycles. The van der Waals surface area contributed by atoms with Crippen LogP contribution in [0.2, 0.25) is 0 Å². The number of aryl methyl sites for hydroxylation is 1. The molecule has 0 amide bonds. The van der Waals surface area contributed by atoms with Crippen LogP contribution < -0.4 is 5.32 Å². The first-order chi connectivity index (χ1) is 9.10. The number of benzene rings is 1. The summed E-state index contributed by atoms with van der Waals surface area (Å²) in [6.45, 7) is 4.83. The molecule has 19 heavy (non-hydrogen) atoms. The Morgan fingerprint density at radius 1 is 1.26 bits per heavy atom. The van der Waals surface area contributed by atoms with Gasteiger partial charge in [0.2, 0.25) is 0 Å². The first-order valence-corrected chi connectivity index (χ1v) is 6.94. The normalized spacial score (nSPS) is 10.5. The van der Waals surface area contributed by atoms with Crippen molar-refractivity contribution in [3.8, 4) is 11.4 Å². The van der Waals surface area contributed by atoms with Crippen molar-refractivity contribution in [1.29, 1.82) is 0 Å². The van der Waals surface area contributed by atoms with E-state index in [1.165, 1.54) is 12.1 Å². The predicted molar refractivity (Wildman–Crippen MR) is 78.6 cm³/mol. The van der Waals surface area contributed by atoms with Crippen molar-refractivity contribution in [2.45, 2.75) is 20.3 Å². The Kier molecular flexibility index (Phi) is 4.47. The SMILES string of the molecule is CCCNc1cc(C)nc(-c2cc(F)ccc2Br)n1. The molecule has 1 aromatic heterocycles. The van der Waals surface area contributed by atoms with Crippen molar-refractivity contribution < 1.29 is 4.39 Å². The summed E-state index contributed by atoms with van der Waals surface area (Å²) in [6.07, 6.45) is 1.02. The molecule has 0 unspecified atom stereocenters. The molecule has 2 aromatic rings. The summed E-state index contributed by atoms with van der Waals surface area (Å²) in [5.41, 5.74) is 1.50. The Balaban J connectivity index is 2.43. The number of hydrogen-bond acceptors (Lipinski definition) is 3. The fraction of sp³-hybridized carbons (Fsp3) is 0.286. The molecule has 0 aliphatic carbocycles. The van der Waals surface area contributed by atoms with Gasteiger partial charge in [-0.05, 0) is 31.5 Å². The zero-order valence-corrected chi connectivity index (χ0v) is 12.5. The van der Waals surface area contributed by atoms with Gasteiger partial charge in [0.25, 0.3) is 0 Å². The zero-order valence-electron chi connectivity index (χ0n) is 10.9. The van der Waals surface area contributed by atoms with Crippen LogP contribution in [0.3, 0.4) is 0 Å². The molecule has 5 heteroatoms. The quantitative estimate of drug-likeness (QED) is 0.917. The van der Waals surface area contributed by atoms with Crippen molar-refractivity contribution in [3.63, 3.8) is 0 Å². The lowest BCUT2D eigenvalue weighted by atomic mass is 10.2. The Morgan fingerprint density at radius 2 is 2.05 bits per heavy atom. The van der Waals surface area contributed by atoms with Gasteiger partial charge in [-0.15, -0.1) is 0 Å². The van der Waals surface area contributed by atoms with Gasteiger partial charge in [-0.2, -0.15) is 0 Å². The van der Waals surface area contributed by atoms with E-state index in [0.717, 1.165) is 29.0 Å². The van der Waals surface area contributed by atoms with Gasteiger partial charge in [-0.1, -0.05) is 22.9 Å². The van der Waals surface area contributed by atoms with E-state index in [1.807, 2.05) is 13.0 Å². The van der Waals surface area contributed by atoms with Gasteiger partial charge in [-0.3, -0.25) is 0 Å². The lowest BCUT2D eigenvalue weighted by Gasteiger charge is -2.09. The molecule has 0 radical (unpaired) electrons. The molecule has 0 aliphatic heterocycles. The fourth-order valence-electron chi connectivity index (χ4n) is 1.70. The molecule has 0 aliphatic rings. The van der Waals surface area contributed by atoms with Gasteiger partial charge < -0.3 is 5.32 Å². The minimum Gasteiger partial charge on any atom is -0.370 e. The van der Waals surface area contributed by atoms with E-state index in [2.05, 4.69) is 38.1 Å². The maximum atomic E-state index is 13.3. The van der Waals surface area contributed by atoms with Crippen molar-refractivity contribution in [2.24, 2.45) is 0 Å². The molecule has 1 N–H and O–H groups in total. The highest BCUT2D eigenvalue weighted by Crippen LogP contribution is 2.27. The Labute approximate surface area is 120 Å². The highest BCUT2D eigenvalue weighted by atomic mass is 79.9. The maximum absolute atomic E-state index is 13.3. The first-order valence-electron chi connectivity index (χ1n) is 6.15. The molecular formula is C14H15BrFN3. The molecule has 0 spiro atoms. The van der Waals surface area contributed by atoms with Crippen LogP contribution in [0.15, 0.2) is 28.7 Å². The summed E-state index contributed by atoms with van der Waals surface area (Å²) in [5, 5.41) is 3.22. The van der Waals surface area contributed by atoms with Gasteiger partial charge in [0, 0.05) is 28.3 Å². The first kappa shape index (κ1) is 13.9. The maximum Gasteiger partial charge on any atom is 0.162 e. The number of nitrogens with zero attached hydrogens (tertiary/aromatic N) is 2. The van der Waals surface area contributed by atoms with Crippen LogP contribution in [0.1, 0.15) is 19.0 Å². The van der Waals surface area contributed by atoms with Crippen LogP contribution in [0.25, 0.3) is 11.4 Å². The molecule has 100 valence electrons. The Hall–Kier alpha value is -1.49. The summed E-state index contributed by atoms with van der Waals surface area (Å²) < 4.78 is 14.1. The molecular weight excluding hydrogens is 309 g/mol. The minimum atomic E-state index is -0.300. The predicted octanol–water partition coefficient (Wildman–Crippen LogP) is 4.18. The highest BCUT2D eigenvalue weighted by Gasteiger charge is 2.09. The van der Waals surface area contributed by atoms with E-state index in [-0.39, 0.29) is 5.82 Å². The number of anilines is 1. The number of aromatic nitrogens is 2. The van der Waals surface area contributed by atoms with Crippen LogP contribution in [-0.2, 0) is 0 Å². The number of halogens is 2. The van der Waals surface area contributed by atoms with E-state index >= 15 is 0 Å². The minimum absolute atomic E-state index is 0.300. The fourth-order valence-corrected chi connectivity index (χ4v) is 2.13. The van der Waals surface area contributed by atoms with Crippen LogP contribution in [0.5, 0.6) is 0 Å². The molecule has 1 aromatic carbocycles. The Morgan fingerprint density at radius 3 is 2.79 bits per heavy atom. The molecule has 1 heterocycles. The van der Waals surface area contributed by atoms with Gasteiger partial charge in [0.05, 0.1) is 0 Å². The monoisotopic (exact) mass is 323 g/mol. The van der Waals surface area contributed by atoms with E-state index in [4.69, 9.17) is 0 Å².